The van der Waals surface area contributed by atoms with Gasteiger partial charge in [0.2, 0.25) is 0 Å². The minimum absolute atomic E-state index is 0.0848. The molecule has 0 atom stereocenters. The zero-order chi connectivity index (χ0) is 16.2. The van der Waals surface area contributed by atoms with Gasteiger partial charge in [0.05, 0.1) is 12.8 Å². The van der Waals surface area contributed by atoms with Crippen LogP contribution in [-0.4, -0.2) is 23.6 Å². The molecule has 0 spiro atoms. The molecule has 2 aromatic rings. The number of benzene rings is 2. The van der Waals surface area contributed by atoms with Gasteiger partial charge in [0, 0.05) is 13.1 Å². The lowest BCUT2D eigenvalue weighted by atomic mass is 10.0. The third kappa shape index (κ3) is 3.85. The Balaban J connectivity index is 1.53. The summed E-state index contributed by atoms with van der Waals surface area (Å²) in [7, 11) is 0. The van der Waals surface area contributed by atoms with Gasteiger partial charge in [-0.3, -0.25) is 9.69 Å². The van der Waals surface area contributed by atoms with Crippen LogP contribution < -0.4 is 5.43 Å². The van der Waals surface area contributed by atoms with E-state index in [4.69, 9.17) is 0 Å². The number of hydrogen-bond donors (Lipinski definition) is 1. The maximum atomic E-state index is 12.0. The van der Waals surface area contributed by atoms with Crippen molar-refractivity contribution in [3.8, 4) is 0 Å². The fourth-order valence-electron chi connectivity index (χ4n) is 2.84. The van der Waals surface area contributed by atoms with Gasteiger partial charge >= 0.3 is 0 Å². The van der Waals surface area contributed by atoms with E-state index in [2.05, 4.69) is 41.4 Å². The van der Waals surface area contributed by atoms with Crippen LogP contribution in [0.1, 0.15) is 27.8 Å². The summed E-state index contributed by atoms with van der Waals surface area (Å²) in [6.07, 6.45) is 1.66. The summed E-state index contributed by atoms with van der Waals surface area (Å²) in [6, 6.07) is 14.2. The highest BCUT2D eigenvalue weighted by Crippen LogP contribution is 2.25. The van der Waals surface area contributed by atoms with Crippen LogP contribution in [0.15, 0.2) is 47.6 Å². The van der Waals surface area contributed by atoms with E-state index in [1.165, 1.54) is 22.3 Å². The topological polar surface area (TPSA) is 44.7 Å². The highest BCUT2D eigenvalue weighted by molar-refractivity contribution is 5.83. The molecule has 1 N–H and O–H groups in total. The SMILES string of the molecule is Cc1cc2c(cc1C)CN(CC(=O)N/N=C\c1ccccc1)C2. The second kappa shape index (κ2) is 6.75. The second-order valence-corrected chi connectivity index (χ2v) is 6.05. The van der Waals surface area contributed by atoms with Crippen LogP contribution in [0.3, 0.4) is 0 Å². The fraction of sp³-hybridized carbons (Fsp3) is 0.263. The number of hydrogen-bond acceptors (Lipinski definition) is 3. The van der Waals surface area contributed by atoms with Crippen molar-refractivity contribution in [3.05, 3.63) is 70.3 Å². The van der Waals surface area contributed by atoms with Gasteiger partial charge in [-0.2, -0.15) is 5.10 Å². The number of carbonyl (C=O) groups excluding carboxylic acids is 1. The van der Waals surface area contributed by atoms with E-state index in [9.17, 15) is 4.79 Å². The quantitative estimate of drug-likeness (QED) is 0.697. The van der Waals surface area contributed by atoms with Gasteiger partial charge in [-0.25, -0.2) is 5.43 Å². The zero-order valence-electron chi connectivity index (χ0n) is 13.5. The first-order valence-electron chi connectivity index (χ1n) is 7.80. The predicted molar refractivity (Wildman–Crippen MR) is 92.2 cm³/mol. The number of nitrogens with zero attached hydrogens (tertiary/aromatic N) is 2. The largest absolute Gasteiger partial charge is 0.286 e. The van der Waals surface area contributed by atoms with Crippen LogP contribution in [0, 0.1) is 13.8 Å². The molecule has 0 unspecified atom stereocenters. The maximum Gasteiger partial charge on any atom is 0.254 e. The Bertz CT molecular complexity index is 707. The number of nitrogens with one attached hydrogen (secondary N) is 1. The molecule has 1 heterocycles. The van der Waals surface area contributed by atoms with E-state index in [0.717, 1.165) is 18.7 Å². The lowest BCUT2D eigenvalue weighted by Gasteiger charge is -2.12. The van der Waals surface area contributed by atoms with E-state index in [-0.39, 0.29) is 5.91 Å². The van der Waals surface area contributed by atoms with Gasteiger partial charge in [0.15, 0.2) is 0 Å². The molecule has 0 aromatic heterocycles. The Kier molecular flexibility index (Phi) is 4.53. The standard InChI is InChI=1S/C19H21N3O/c1-14-8-17-11-22(12-18(17)9-15(14)2)13-19(23)21-20-10-16-6-4-3-5-7-16/h3-10H,11-13H2,1-2H3,(H,21,23)/b20-10-. The molecule has 118 valence electrons. The molecule has 1 amide bonds. The molecule has 1 aliphatic heterocycles. The van der Waals surface area contributed by atoms with Gasteiger partial charge in [0.1, 0.15) is 0 Å². The van der Waals surface area contributed by atoms with E-state index in [0.29, 0.717) is 6.54 Å². The Morgan fingerprint density at radius 3 is 2.35 bits per heavy atom. The van der Waals surface area contributed by atoms with Crippen molar-refractivity contribution in [2.24, 2.45) is 5.10 Å². The van der Waals surface area contributed by atoms with Crippen molar-refractivity contribution in [3.63, 3.8) is 0 Å². The first-order chi connectivity index (χ1) is 11.1. The second-order valence-electron chi connectivity index (χ2n) is 6.05. The summed E-state index contributed by atoms with van der Waals surface area (Å²) in [4.78, 5) is 14.1. The number of hydrazone groups is 1. The van der Waals surface area contributed by atoms with E-state index in [1.807, 2.05) is 30.3 Å². The zero-order valence-corrected chi connectivity index (χ0v) is 13.5. The van der Waals surface area contributed by atoms with Crippen molar-refractivity contribution < 1.29 is 4.79 Å². The smallest absolute Gasteiger partial charge is 0.254 e. The molecule has 1 aliphatic rings. The van der Waals surface area contributed by atoms with Crippen LogP contribution >= 0.6 is 0 Å². The molecule has 0 saturated heterocycles. The van der Waals surface area contributed by atoms with Crippen LogP contribution in [-0.2, 0) is 17.9 Å². The lowest BCUT2D eigenvalue weighted by molar-refractivity contribution is -0.122. The van der Waals surface area contributed by atoms with Crippen molar-refractivity contribution >= 4 is 12.1 Å². The third-order valence-corrected chi connectivity index (χ3v) is 4.17. The molecule has 0 radical (unpaired) electrons. The minimum Gasteiger partial charge on any atom is -0.286 e. The number of rotatable bonds is 4. The summed E-state index contributed by atoms with van der Waals surface area (Å²) in [6.45, 7) is 6.27. The van der Waals surface area contributed by atoms with Gasteiger partial charge < -0.3 is 0 Å². The number of fused-ring (bicyclic) bond motifs is 1. The average molecular weight is 307 g/mol. The fourth-order valence-corrected chi connectivity index (χ4v) is 2.84. The first kappa shape index (κ1) is 15.4. The highest BCUT2D eigenvalue weighted by atomic mass is 16.2. The maximum absolute atomic E-state index is 12.0. The Morgan fingerprint density at radius 1 is 1.13 bits per heavy atom. The van der Waals surface area contributed by atoms with Gasteiger partial charge in [-0.05, 0) is 41.7 Å². The summed E-state index contributed by atoms with van der Waals surface area (Å²) in [5.74, 6) is -0.0848. The van der Waals surface area contributed by atoms with Gasteiger partial charge in [-0.1, -0.05) is 42.5 Å². The third-order valence-electron chi connectivity index (χ3n) is 4.17. The number of aryl methyl sites for hydroxylation is 2. The number of carbonyl (C=O) groups is 1. The van der Waals surface area contributed by atoms with E-state index in [1.54, 1.807) is 6.21 Å². The lowest BCUT2D eigenvalue weighted by Crippen LogP contribution is -2.32. The molecule has 4 heteroatoms. The normalized spacial score (nSPS) is 14.2. The molecule has 0 aliphatic carbocycles. The van der Waals surface area contributed by atoms with Gasteiger partial charge in [0.25, 0.3) is 5.91 Å². The van der Waals surface area contributed by atoms with Gasteiger partial charge in [-0.15, -0.1) is 0 Å². The predicted octanol–water partition coefficient (Wildman–Crippen LogP) is 2.77. The average Bonchev–Trinajstić information content (AvgIpc) is 2.90. The Morgan fingerprint density at radius 2 is 1.74 bits per heavy atom. The van der Waals surface area contributed by atoms with Crippen molar-refractivity contribution in [2.75, 3.05) is 6.54 Å². The minimum atomic E-state index is -0.0848. The van der Waals surface area contributed by atoms with E-state index >= 15 is 0 Å². The monoisotopic (exact) mass is 307 g/mol. The first-order valence-corrected chi connectivity index (χ1v) is 7.80. The summed E-state index contributed by atoms with van der Waals surface area (Å²) in [5.41, 5.74) is 8.83. The summed E-state index contributed by atoms with van der Waals surface area (Å²) >= 11 is 0. The molecule has 4 nitrogen and oxygen atoms in total. The highest BCUT2D eigenvalue weighted by Gasteiger charge is 2.21. The molecular weight excluding hydrogens is 286 g/mol. The van der Waals surface area contributed by atoms with E-state index < -0.39 is 0 Å². The summed E-state index contributed by atoms with van der Waals surface area (Å²) < 4.78 is 0. The van der Waals surface area contributed by atoms with Crippen LogP contribution in [0.4, 0.5) is 0 Å². The molecular formula is C19H21N3O. The van der Waals surface area contributed by atoms with Crippen molar-refractivity contribution in [1.29, 1.82) is 0 Å². The number of amides is 1. The molecule has 2 aromatic carbocycles. The van der Waals surface area contributed by atoms with Crippen LogP contribution in [0.2, 0.25) is 0 Å². The Hall–Kier alpha value is -2.46. The summed E-state index contributed by atoms with van der Waals surface area (Å²) in [5, 5.41) is 4.01. The molecule has 0 bridgehead atoms. The molecule has 0 fully saturated rings. The van der Waals surface area contributed by atoms with Crippen LogP contribution in [0.25, 0.3) is 0 Å². The molecule has 0 saturated carbocycles. The van der Waals surface area contributed by atoms with Crippen molar-refractivity contribution in [1.82, 2.24) is 10.3 Å². The molecule has 3 rings (SSSR count). The molecule has 23 heavy (non-hydrogen) atoms. The Labute approximate surface area is 136 Å². The van der Waals surface area contributed by atoms with Crippen LogP contribution in [0.5, 0.6) is 0 Å². The van der Waals surface area contributed by atoms with Crippen molar-refractivity contribution in [2.45, 2.75) is 26.9 Å².